The highest BCUT2D eigenvalue weighted by Crippen LogP contribution is 2.42. The third-order valence-corrected chi connectivity index (χ3v) is 8.17. The van der Waals surface area contributed by atoms with E-state index >= 15 is 0 Å². The van der Waals surface area contributed by atoms with Gasteiger partial charge in [0.15, 0.2) is 5.82 Å². The zero-order valence-corrected chi connectivity index (χ0v) is 22.8. The number of aliphatic hydroxyl groups is 1. The highest BCUT2D eigenvalue weighted by Gasteiger charge is 2.42. The average Bonchev–Trinajstić information content (AvgIpc) is 3.24. The molecule has 3 aromatic heterocycles. The van der Waals surface area contributed by atoms with Gasteiger partial charge in [0.05, 0.1) is 11.7 Å². The summed E-state index contributed by atoms with van der Waals surface area (Å²) in [7, 11) is -1.51. The van der Waals surface area contributed by atoms with Gasteiger partial charge in [-0.25, -0.2) is 9.97 Å². The van der Waals surface area contributed by atoms with Crippen LogP contribution in [0, 0.1) is 16.9 Å². The number of pyridine rings is 2. The monoisotopic (exact) mass is 500 g/mol. The van der Waals surface area contributed by atoms with Crippen LogP contribution in [0.1, 0.15) is 26.2 Å². The molecule has 0 aromatic carbocycles. The molecule has 2 saturated heterocycles. The van der Waals surface area contributed by atoms with E-state index in [1.54, 1.807) is 12.4 Å². The minimum atomic E-state index is -1.51. The molecule has 5 heterocycles. The maximum Gasteiger partial charge on any atom is 0.162 e. The number of hydrogen-bond acceptors (Lipinski definition) is 7. The predicted molar refractivity (Wildman–Crippen MR) is 147 cm³/mol. The van der Waals surface area contributed by atoms with Crippen LogP contribution in [0.2, 0.25) is 19.6 Å². The fourth-order valence-corrected chi connectivity index (χ4v) is 6.04. The van der Waals surface area contributed by atoms with E-state index in [0.29, 0.717) is 17.8 Å². The first kappa shape index (κ1) is 24.8. The summed E-state index contributed by atoms with van der Waals surface area (Å²) < 4.78 is 0. The maximum atomic E-state index is 10.9. The van der Waals surface area contributed by atoms with Crippen LogP contribution < -0.4 is 4.90 Å². The molecule has 0 aliphatic carbocycles. The van der Waals surface area contributed by atoms with Crippen molar-refractivity contribution < 1.29 is 5.11 Å². The topological polar surface area (TPSA) is 78.3 Å². The second-order valence-electron chi connectivity index (χ2n) is 11.7. The third kappa shape index (κ3) is 5.59. The molecule has 2 aliphatic heterocycles. The number of β-amino-alcohol motifs (C(OH)–C–C–N with tert-alkyl or cyclic N) is 1. The van der Waals surface area contributed by atoms with Gasteiger partial charge in [-0.2, -0.15) is 0 Å². The van der Waals surface area contributed by atoms with E-state index in [9.17, 15) is 5.11 Å². The van der Waals surface area contributed by atoms with Crippen LogP contribution in [0.3, 0.4) is 0 Å². The number of piperidine rings is 1. The minimum Gasteiger partial charge on any atom is -0.377 e. The number of fused-ring (bicyclic) bond motifs is 1. The lowest BCUT2D eigenvalue weighted by molar-refractivity contribution is 0.0725. The van der Waals surface area contributed by atoms with Crippen LogP contribution in [0.25, 0.3) is 22.3 Å². The molecule has 188 valence electrons. The molecular formula is C28H36N6OSi. The van der Waals surface area contributed by atoms with Crippen LogP contribution in [0.4, 0.5) is 5.82 Å². The third-order valence-electron chi connectivity index (χ3n) is 7.30. The molecule has 0 saturated carbocycles. The molecule has 5 rings (SSSR count). The van der Waals surface area contributed by atoms with Crippen molar-refractivity contribution in [2.24, 2.45) is 5.41 Å². The number of aromatic nitrogens is 4. The van der Waals surface area contributed by atoms with Gasteiger partial charge in [0.25, 0.3) is 0 Å². The summed E-state index contributed by atoms with van der Waals surface area (Å²) in [5.74, 6) is 4.88. The molecule has 36 heavy (non-hydrogen) atoms. The smallest absolute Gasteiger partial charge is 0.162 e. The first-order valence-electron chi connectivity index (χ1n) is 12.9. The Morgan fingerprint density at radius 2 is 1.69 bits per heavy atom. The van der Waals surface area contributed by atoms with Crippen molar-refractivity contribution in [3.8, 4) is 22.9 Å². The zero-order valence-electron chi connectivity index (χ0n) is 21.8. The van der Waals surface area contributed by atoms with Crippen molar-refractivity contribution in [1.82, 2.24) is 24.8 Å². The van der Waals surface area contributed by atoms with E-state index in [1.165, 1.54) is 6.42 Å². The van der Waals surface area contributed by atoms with Gasteiger partial charge in [0.1, 0.15) is 19.5 Å². The molecule has 1 spiro atoms. The van der Waals surface area contributed by atoms with Crippen LogP contribution in [-0.2, 0) is 0 Å². The van der Waals surface area contributed by atoms with E-state index in [1.807, 2.05) is 37.5 Å². The van der Waals surface area contributed by atoms with E-state index < -0.39 is 13.7 Å². The Balaban J connectivity index is 1.30. The number of rotatable bonds is 4. The highest BCUT2D eigenvalue weighted by atomic mass is 28.3. The second-order valence-corrected chi connectivity index (χ2v) is 16.5. The van der Waals surface area contributed by atoms with Gasteiger partial charge in [0.2, 0.25) is 0 Å². The Morgan fingerprint density at radius 3 is 2.42 bits per heavy atom. The lowest BCUT2D eigenvalue weighted by Gasteiger charge is -2.40. The highest BCUT2D eigenvalue weighted by molar-refractivity contribution is 6.83. The van der Waals surface area contributed by atoms with Gasteiger partial charge in [-0.05, 0) is 56.3 Å². The standard InChI is InChI=1S/C28H36N6OSi/c1-27(35,11-18-36(2,3)4)20-33-15-8-28(21-33)9-16-34(17-10-28)26-23-7-14-30-19-24(23)31-25(32-26)22-5-12-29-13-6-22/h5-7,12-14,19,35H,8-10,15-17,20-21H2,1-4H3. The summed E-state index contributed by atoms with van der Waals surface area (Å²) in [4.78, 5) is 23.1. The molecular weight excluding hydrogens is 464 g/mol. The Bertz CT molecular complexity index is 1290. The van der Waals surface area contributed by atoms with E-state index in [-0.39, 0.29) is 0 Å². The van der Waals surface area contributed by atoms with E-state index in [0.717, 1.165) is 61.3 Å². The molecule has 1 atom stereocenters. The summed E-state index contributed by atoms with van der Waals surface area (Å²) in [5, 5.41) is 12.0. The van der Waals surface area contributed by atoms with Crippen molar-refractivity contribution in [2.75, 3.05) is 37.6 Å². The first-order valence-corrected chi connectivity index (χ1v) is 16.4. The maximum absolute atomic E-state index is 10.9. The largest absolute Gasteiger partial charge is 0.377 e. The Morgan fingerprint density at radius 1 is 1.00 bits per heavy atom. The number of likely N-dealkylation sites (tertiary alicyclic amines) is 1. The van der Waals surface area contributed by atoms with Crippen molar-refractivity contribution in [2.45, 2.75) is 51.4 Å². The molecule has 8 heteroatoms. The fraction of sp³-hybridized carbons (Fsp3) is 0.500. The number of nitrogens with zero attached hydrogens (tertiary/aromatic N) is 6. The van der Waals surface area contributed by atoms with Crippen LogP contribution in [-0.4, -0.2) is 76.3 Å². The lowest BCUT2D eigenvalue weighted by atomic mass is 9.77. The first-order chi connectivity index (χ1) is 17.1. The second kappa shape index (κ2) is 9.54. The summed E-state index contributed by atoms with van der Waals surface area (Å²) in [6.45, 7) is 13.1. The summed E-state index contributed by atoms with van der Waals surface area (Å²) in [6.07, 6.45) is 10.6. The molecule has 1 unspecified atom stereocenters. The number of hydrogen-bond donors (Lipinski definition) is 1. The van der Waals surface area contributed by atoms with Crippen molar-refractivity contribution in [3.05, 3.63) is 43.0 Å². The van der Waals surface area contributed by atoms with Gasteiger partial charge < -0.3 is 10.0 Å². The zero-order chi connectivity index (χ0) is 25.4. The van der Waals surface area contributed by atoms with Gasteiger partial charge in [0, 0.05) is 55.7 Å². The molecule has 0 amide bonds. The quantitative estimate of drug-likeness (QED) is 0.428. The van der Waals surface area contributed by atoms with Gasteiger partial charge in [-0.15, -0.1) is 5.54 Å². The molecule has 0 radical (unpaired) electrons. The van der Waals surface area contributed by atoms with Crippen molar-refractivity contribution in [3.63, 3.8) is 0 Å². The molecule has 1 N–H and O–H groups in total. The molecule has 3 aromatic rings. The Hall–Kier alpha value is -2.86. The lowest BCUT2D eigenvalue weighted by Crippen LogP contribution is -2.44. The fourth-order valence-electron chi connectivity index (χ4n) is 5.40. The normalized spacial score (nSPS) is 19.8. The molecule has 7 nitrogen and oxygen atoms in total. The number of anilines is 1. The van der Waals surface area contributed by atoms with Crippen LogP contribution in [0.5, 0.6) is 0 Å². The summed E-state index contributed by atoms with van der Waals surface area (Å²) >= 11 is 0. The Kier molecular flexibility index (Phi) is 6.58. The van der Waals surface area contributed by atoms with Crippen molar-refractivity contribution >= 4 is 24.8 Å². The summed E-state index contributed by atoms with van der Waals surface area (Å²) in [5.41, 5.74) is 4.52. The minimum absolute atomic E-state index is 0.303. The molecule has 2 fully saturated rings. The summed E-state index contributed by atoms with van der Waals surface area (Å²) in [6, 6.07) is 5.91. The van der Waals surface area contributed by atoms with Gasteiger partial charge in [-0.1, -0.05) is 25.6 Å². The van der Waals surface area contributed by atoms with Gasteiger partial charge in [-0.3, -0.25) is 14.9 Å². The Labute approximate surface area is 215 Å². The van der Waals surface area contributed by atoms with Crippen LogP contribution >= 0.6 is 0 Å². The van der Waals surface area contributed by atoms with E-state index in [4.69, 9.17) is 9.97 Å². The van der Waals surface area contributed by atoms with Gasteiger partial charge >= 0.3 is 0 Å². The van der Waals surface area contributed by atoms with Crippen LogP contribution in [0.15, 0.2) is 43.0 Å². The molecule has 0 bridgehead atoms. The van der Waals surface area contributed by atoms with Crippen molar-refractivity contribution in [1.29, 1.82) is 0 Å². The average molecular weight is 501 g/mol. The van der Waals surface area contributed by atoms with E-state index in [2.05, 4.69) is 50.9 Å². The predicted octanol–water partition coefficient (Wildman–Crippen LogP) is 4.01. The molecule has 2 aliphatic rings. The SMILES string of the molecule is CC(O)(C#C[Si](C)(C)C)CN1CCC2(CCN(c3nc(-c4ccncc4)nc4cnccc34)CC2)C1.